The number of halogens is 1. The smallest absolute Gasteiger partial charge is 0.0700 e. The van der Waals surface area contributed by atoms with Crippen LogP contribution in [-0.2, 0) is 6.42 Å². The second-order valence-corrected chi connectivity index (χ2v) is 7.40. The maximum Gasteiger partial charge on any atom is 0.0700 e. The van der Waals surface area contributed by atoms with E-state index in [0.29, 0.717) is 11.8 Å². The lowest BCUT2D eigenvalue weighted by molar-refractivity contribution is -0.0298. The van der Waals surface area contributed by atoms with Crippen molar-refractivity contribution in [3.63, 3.8) is 0 Å². The summed E-state index contributed by atoms with van der Waals surface area (Å²) in [6.07, 6.45) is 3.98. The van der Waals surface area contributed by atoms with Crippen molar-refractivity contribution in [2.24, 2.45) is 11.8 Å². The van der Waals surface area contributed by atoms with Crippen LogP contribution in [0.3, 0.4) is 0 Å². The third-order valence-corrected chi connectivity index (χ3v) is 5.08. The van der Waals surface area contributed by atoms with E-state index in [-0.39, 0.29) is 0 Å². The van der Waals surface area contributed by atoms with Crippen LogP contribution in [0, 0.1) is 11.8 Å². The van der Waals surface area contributed by atoms with E-state index >= 15 is 0 Å². The highest BCUT2D eigenvalue weighted by molar-refractivity contribution is 9.10. The molecule has 1 aliphatic carbocycles. The van der Waals surface area contributed by atoms with Crippen molar-refractivity contribution in [1.29, 1.82) is 0 Å². The fraction of sp³-hybridized carbons (Fsp3) is 0.692. The Morgan fingerprint density at radius 3 is 2.56 bits per heavy atom. The molecule has 0 amide bonds. The van der Waals surface area contributed by atoms with Crippen molar-refractivity contribution < 1.29 is 5.11 Å². The predicted molar refractivity (Wildman–Crippen MR) is 72.9 cm³/mol. The summed E-state index contributed by atoms with van der Waals surface area (Å²) in [5.41, 5.74) is -0.471. The first-order chi connectivity index (χ1) is 7.47. The molecule has 1 aromatic rings. The number of hydrogen-bond donors (Lipinski definition) is 1. The maximum absolute atomic E-state index is 10.7. The third kappa shape index (κ3) is 3.08. The maximum atomic E-state index is 10.7. The topological polar surface area (TPSA) is 20.2 Å². The fourth-order valence-corrected chi connectivity index (χ4v) is 4.74. The standard InChI is InChI=1S/C13H19BrOS/c1-9-3-10(2)6-13(15,5-9)7-12-4-11(14)8-16-12/h4,8-10,15H,3,5-7H2,1-2H3. The van der Waals surface area contributed by atoms with E-state index in [1.54, 1.807) is 11.3 Å². The molecule has 0 radical (unpaired) electrons. The van der Waals surface area contributed by atoms with E-state index in [9.17, 15) is 5.11 Å². The van der Waals surface area contributed by atoms with Crippen LogP contribution in [-0.4, -0.2) is 10.7 Å². The summed E-state index contributed by atoms with van der Waals surface area (Å²) in [5, 5.41) is 12.8. The molecule has 0 spiro atoms. The van der Waals surface area contributed by atoms with Gasteiger partial charge in [-0.15, -0.1) is 11.3 Å². The Kier molecular flexibility index (Phi) is 3.77. The molecule has 3 heteroatoms. The molecule has 1 fully saturated rings. The van der Waals surface area contributed by atoms with E-state index in [1.165, 1.54) is 11.3 Å². The molecule has 1 aromatic heterocycles. The SMILES string of the molecule is CC1CC(C)CC(O)(Cc2cc(Br)cs2)C1. The summed E-state index contributed by atoms with van der Waals surface area (Å²) in [5.74, 6) is 1.30. The molecule has 1 saturated carbocycles. The zero-order chi connectivity index (χ0) is 11.8. The first-order valence-corrected chi connectivity index (χ1v) is 7.59. The molecule has 0 bridgehead atoms. The van der Waals surface area contributed by atoms with Crippen molar-refractivity contribution in [3.05, 3.63) is 20.8 Å². The molecule has 1 nitrogen and oxygen atoms in total. The molecular formula is C13H19BrOS. The molecule has 2 rings (SSSR count). The van der Waals surface area contributed by atoms with Gasteiger partial charge in [-0.05, 0) is 53.1 Å². The summed E-state index contributed by atoms with van der Waals surface area (Å²) in [7, 11) is 0. The Labute approximate surface area is 110 Å². The van der Waals surface area contributed by atoms with Gasteiger partial charge in [0.1, 0.15) is 0 Å². The van der Waals surface area contributed by atoms with Crippen LogP contribution >= 0.6 is 27.3 Å². The van der Waals surface area contributed by atoms with Gasteiger partial charge in [-0.1, -0.05) is 13.8 Å². The molecule has 1 N–H and O–H groups in total. The molecule has 90 valence electrons. The summed E-state index contributed by atoms with van der Waals surface area (Å²) in [4.78, 5) is 1.29. The fourth-order valence-electron chi connectivity index (χ4n) is 3.15. The highest BCUT2D eigenvalue weighted by Gasteiger charge is 2.36. The Hall–Kier alpha value is 0.140. The first kappa shape index (κ1) is 12.6. The molecule has 1 heterocycles. The van der Waals surface area contributed by atoms with Crippen LogP contribution in [0.2, 0.25) is 0 Å². The number of hydrogen-bond acceptors (Lipinski definition) is 2. The van der Waals surface area contributed by atoms with Gasteiger partial charge in [0.2, 0.25) is 0 Å². The van der Waals surface area contributed by atoms with Crippen LogP contribution < -0.4 is 0 Å². The van der Waals surface area contributed by atoms with E-state index in [2.05, 4.69) is 41.2 Å². The molecule has 0 aromatic carbocycles. The van der Waals surface area contributed by atoms with Gasteiger partial charge in [0, 0.05) is 21.2 Å². The average molecular weight is 303 g/mol. The molecule has 0 saturated heterocycles. The zero-order valence-corrected chi connectivity index (χ0v) is 12.3. The van der Waals surface area contributed by atoms with Gasteiger partial charge >= 0.3 is 0 Å². The first-order valence-electron chi connectivity index (χ1n) is 5.92. The van der Waals surface area contributed by atoms with Crippen LogP contribution in [0.4, 0.5) is 0 Å². The van der Waals surface area contributed by atoms with Crippen LogP contribution in [0.5, 0.6) is 0 Å². The second-order valence-electron chi connectivity index (χ2n) is 5.49. The van der Waals surface area contributed by atoms with Crippen molar-refractivity contribution >= 4 is 27.3 Å². The largest absolute Gasteiger partial charge is 0.389 e. The van der Waals surface area contributed by atoms with Gasteiger partial charge in [-0.25, -0.2) is 0 Å². The quantitative estimate of drug-likeness (QED) is 0.866. The second kappa shape index (κ2) is 4.79. The minimum atomic E-state index is -0.471. The highest BCUT2D eigenvalue weighted by Crippen LogP contribution is 2.39. The van der Waals surface area contributed by atoms with E-state index in [1.807, 2.05) is 0 Å². The van der Waals surface area contributed by atoms with E-state index in [4.69, 9.17) is 0 Å². The monoisotopic (exact) mass is 302 g/mol. The minimum absolute atomic E-state index is 0.471. The van der Waals surface area contributed by atoms with E-state index in [0.717, 1.165) is 23.7 Å². The minimum Gasteiger partial charge on any atom is -0.389 e. The Bertz CT molecular complexity index is 351. The molecule has 0 aliphatic heterocycles. The molecule has 2 atom stereocenters. The van der Waals surface area contributed by atoms with Crippen molar-refractivity contribution in [2.75, 3.05) is 0 Å². The lowest BCUT2D eigenvalue weighted by atomic mass is 9.72. The Morgan fingerprint density at radius 2 is 2.06 bits per heavy atom. The molecule has 2 unspecified atom stereocenters. The van der Waals surface area contributed by atoms with Gasteiger partial charge in [0.15, 0.2) is 0 Å². The van der Waals surface area contributed by atoms with Gasteiger partial charge in [-0.2, -0.15) is 0 Å². The van der Waals surface area contributed by atoms with Gasteiger partial charge < -0.3 is 5.11 Å². The Balaban J connectivity index is 2.07. The van der Waals surface area contributed by atoms with Gasteiger partial charge in [0.25, 0.3) is 0 Å². The lowest BCUT2D eigenvalue weighted by Crippen LogP contribution is -2.39. The van der Waals surface area contributed by atoms with Crippen molar-refractivity contribution in [2.45, 2.75) is 45.1 Å². The number of rotatable bonds is 2. The van der Waals surface area contributed by atoms with Gasteiger partial charge in [-0.3, -0.25) is 0 Å². The predicted octanol–water partition coefficient (Wildman–Crippen LogP) is 4.24. The summed E-state index contributed by atoms with van der Waals surface area (Å²) < 4.78 is 1.13. The van der Waals surface area contributed by atoms with E-state index < -0.39 is 5.60 Å². The zero-order valence-electron chi connectivity index (χ0n) is 9.87. The average Bonchev–Trinajstić information content (AvgIpc) is 2.47. The van der Waals surface area contributed by atoms with Crippen LogP contribution in [0.25, 0.3) is 0 Å². The highest BCUT2D eigenvalue weighted by atomic mass is 79.9. The molecule has 16 heavy (non-hydrogen) atoms. The molecule has 1 aliphatic rings. The number of thiophene rings is 1. The molecular weight excluding hydrogens is 284 g/mol. The van der Waals surface area contributed by atoms with Gasteiger partial charge in [0.05, 0.1) is 5.60 Å². The third-order valence-electron chi connectivity index (χ3n) is 3.39. The number of aliphatic hydroxyl groups is 1. The van der Waals surface area contributed by atoms with Crippen molar-refractivity contribution in [3.8, 4) is 0 Å². The van der Waals surface area contributed by atoms with Crippen molar-refractivity contribution in [1.82, 2.24) is 0 Å². The lowest BCUT2D eigenvalue weighted by Gasteiger charge is -2.38. The van der Waals surface area contributed by atoms with Crippen LogP contribution in [0.1, 0.15) is 38.0 Å². The summed E-state index contributed by atoms with van der Waals surface area (Å²) in [6.45, 7) is 4.51. The van der Waals surface area contributed by atoms with Crippen LogP contribution in [0.15, 0.2) is 15.9 Å². The summed E-state index contributed by atoms with van der Waals surface area (Å²) >= 11 is 5.20. The summed E-state index contributed by atoms with van der Waals surface area (Å²) in [6, 6.07) is 2.13. The normalized spacial score (nSPS) is 35.2. The Morgan fingerprint density at radius 1 is 1.44 bits per heavy atom.